The van der Waals surface area contributed by atoms with Crippen LogP contribution < -0.4 is 21.1 Å². The number of hydrogen-bond donors (Lipinski definition) is 3. The summed E-state index contributed by atoms with van der Waals surface area (Å²) in [6.45, 7) is 5.51. The summed E-state index contributed by atoms with van der Waals surface area (Å²) in [5.74, 6) is 0.678. The number of hydrogen-bond acceptors (Lipinski definition) is 3. The molecule has 0 saturated carbocycles. The van der Waals surface area contributed by atoms with Gasteiger partial charge in [0.2, 0.25) is 0 Å². The molecule has 0 saturated heterocycles. The summed E-state index contributed by atoms with van der Waals surface area (Å²) in [6, 6.07) is 15.7. The molecule has 0 aromatic heterocycles. The third kappa shape index (κ3) is 9.11. The molecule has 0 spiro atoms. The van der Waals surface area contributed by atoms with E-state index in [2.05, 4.69) is 30.5 Å². The summed E-state index contributed by atoms with van der Waals surface area (Å²) in [5.41, 5.74) is 8.02. The van der Waals surface area contributed by atoms with Crippen LogP contribution in [-0.2, 0) is 13.0 Å². The third-order valence-electron chi connectivity index (χ3n) is 3.86. The quantitative estimate of drug-likeness (QED) is 0.629. The predicted molar refractivity (Wildman–Crippen MR) is 113 cm³/mol. The number of benzene rings is 2. The fourth-order valence-electron chi connectivity index (χ4n) is 2.26. The lowest BCUT2D eigenvalue weighted by atomic mass is 10.1. The highest BCUT2D eigenvalue weighted by molar-refractivity contribution is 5.90. The predicted octanol–water partition coefficient (Wildman–Crippen LogP) is 4.71. The minimum absolute atomic E-state index is 0.248. The van der Waals surface area contributed by atoms with Crippen molar-refractivity contribution in [2.24, 2.45) is 5.73 Å². The first-order valence-electron chi connectivity index (χ1n) is 9.63. The summed E-state index contributed by atoms with van der Waals surface area (Å²) in [5, 5.41) is 5.41. The van der Waals surface area contributed by atoms with Crippen molar-refractivity contribution in [1.29, 1.82) is 0 Å². The number of urea groups is 1. The highest BCUT2D eigenvalue weighted by Crippen LogP contribution is 2.27. The van der Waals surface area contributed by atoms with Gasteiger partial charge in [0.1, 0.15) is 12.4 Å². The average Bonchev–Trinajstić information content (AvgIpc) is 2.72. The lowest BCUT2D eigenvalue weighted by Gasteiger charge is -2.14. The molecular formula is C22H33N3O2. The largest absolute Gasteiger partial charge is 0.487 e. The molecule has 0 aliphatic carbocycles. The molecule has 4 N–H and O–H groups in total. The zero-order valence-electron chi connectivity index (χ0n) is 16.8. The number of carbonyl (C=O) groups is 1. The molecule has 0 atom stereocenters. The van der Waals surface area contributed by atoms with Crippen molar-refractivity contribution in [3.8, 4) is 5.75 Å². The molecule has 5 heteroatoms. The number of anilines is 1. The van der Waals surface area contributed by atoms with Crippen LogP contribution in [0.5, 0.6) is 5.75 Å². The van der Waals surface area contributed by atoms with Crippen LogP contribution in [0.3, 0.4) is 0 Å². The Labute approximate surface area is 163 Å². The molecule has 2 rings (SSSR count). The number of nitrogens with two attached hydrogens (primary N) is 1. The van der Waals surface area contributed by atoms with E-state index in [4.69, 9.17) is 10.5 Å². The van der Waals surface area contributed by atoms with Crippen LogP contribution >= 0.6 is 0 Å². The van der Waals surface area contributed by atoms with Crippen LogP contribution in [0.1, 0.15) is 44.2 Å². The fourth-order valence-corrected chi connectivity index (χ4v) is 2.26. The monoisotopic (exact) mass is 371 g/mol. The molecule has 2 aromatic rings. The maximum absolute atomic E-state index is 11.7. The molecule has 0 radical (unpaired) electrons. The van der Waals surface area contributed by atoms with Crippen LogP contribution in [0, 0.1) is 0 Å². The number of amides is 2. The zero-order valence-corrected chi connectivity index (χ0v) is 16.8. The van der Waals surface area contributed by atoms with Gasteiger partial charge in [-0.05, 0) is 49.1 Å². The van der Waals surface area contributed by atoms with Gasteiger partial charge in [-0.2, -0.15) is 0 Å². The SMILES string of the molecule is CCCCc1ccc(OCc2ccccc2)c(NC(=O)NC)c1.CCCN. The number of nitrogens with one attached hydrogen (secondary N) is 2. The maximum Gasteiger partial charge on any atom is 0.319 e. The van der Waals surface area contributed by atoms with Crippen molar-refractivity contribution in [3.63, 3.8) is 0 Å². The normalized spacial score (nSPS) is 9.78. The van der Waals surface area contributed by atoms with Gasteiger partial charge in [-0.1, -0.05) is 56.7 Å². The van der Waals surface area contributed by atoms with E-state index in [0.29, 0.717) is 18.0 Å². The molecule has 27 heavy (non-hydrogen) atoms. The van der Waals surface area contributed by atoms with Crippen molar-refractivity contribution in [2.75, 3.05) is 18.9 Å². The Hall–Kier alpha value is -2.53. The Kier molecular flexibility index (Phi) is 11.4. The number of unbranched alkanes of at least 4 members (excludes halogenated alkanes) is 1. The Bertz CT molecular complexity index is 658. The lowest BCUT2D eigenvalue weighted by molar-refractivity contribution is 0.253. The van der Waals surface area contributed by atoms with Gasteiger partial charge in [-0.15, -0.1) is 0 Å². The molecule has 0 heterocycles. The first-order valence-corrected chi connectivity index (χ1v) is 9.63. The molecule has 2 amide bonds. The Morgan fingerprint density at radius 2 is 1.74 bits per heavy atom. The van der Waals surface area contributed by atoms with Crippen molar-refractivity contribution in [3.05, 3.63) is 59.7 Å². The minimum atomic E-state index is -0.248. The molecule has 2 aromatic carbocycles. The molecule has 0 fully saturated rings. The van der Waals surface area contributed by atoms with E-state index >= 15 is 0 Å². The average molecular weight is 372 g/mol. The molecule has 148 valence electrons. The van der Waals surface area contributed by atoms with Gasteiger partial charge in [0.15, 0.2) is 0 Å². The summed E-state index contributed by atoms with van der Waals surface area (Å²) in [7, 11) is 1.60. The summed E-state index contributed by atoms with van der Waals surface area (Å²) in [6.07, 6.45) is 4.37. The van der Waals surface area contributed by atoms with Crippen molar-refractivity contribution in [2.45, 2.75) is 46.1 Å². The van der Waals surface area contributed by atoms with Gasteiger partial charge < -0.3 is 21.1 Å². The van der Waals surface area contributed by atoms with Crippen LogP contribution in [0.15, 0.2) is 48.5 Å². The Morgan fingerprint density at radius 1 is 1.04 bits per heavy atom. The first kappa shape index (κ1) is 22.5. The van der Waals surface area contributed by atoms with Gasteiger partial charge in [-0.3, -0.25) is 0 Å². The van der Waals surface area contributed by atoms with Crippen molar-refractivity contribution < 1.29 is 9.53 Å². The van der Waals surface area contributed by atoms with Gasteiger partial charge in [0.05, 0.1) is 5.69 Å². The third-order valence-corrected chi connectivity index (χ3v) is 3.86. The number of carbonyl (C=O) groups excluding carboxylic acids is 1. The second-order valence-corrected chi connectivity index (χ2v) is 6.20. The molecule has 0 aliphatic heterocycles. The van der Waals surface area contributed by atoms with Crippen LogP contribution in [-0.4, -0.2) is 19.6 Å². The van der Waals surface area contributed by atoms with E-state index in [9.17, 15) is 4.79 Å². The van der Waals surface area contributed by atoms with Gasteiger partial charge in [0.25, 0.3) is 0 Å². The molecule has 5 nitrogen and oxygen atoms in total. The van der Waals surface area contributed by atoms with Crippen LogP contribution in [0.25, 0.3) is 0 Å². The van der Waals surface area contributed by atoms with Gasteiger partial charge in [-0.25, -0.2) is 4.79 Å². The van der Waals surface area contributed by atoms with Crippen molar-refractivity contribution >= 4 is 11.7 Å². The smallest absolute Gasteiger partial charge is 0.319 e. The van der Waals surface area contributed by atoms with Crippen LogP contribution in [0.4, 0.5) is 10.5 Å². The topological polar surface area (TPSA) is 76.4 Å². The van der Waals surface area contributed by atoms with E-state index in [-0.39, 0.29) is 6.03 Å². The summed E-state index contributed by atoms with van der Waals surface area (Å²) < 4.78 is 5.89. The fraction of sp³-hybridized carbons (Fsp3) is 0.409. The van der Waals surface area contributed by atoms with E-state index in [1.54, 1.807) is 7.05 Å². The summed E-state index contributed by atoms with van der Waals surface area (Å²) in [4.78, 5) is 11.7. The van der Waals surface area contributed by atoms with Gasteiger partial charge >= 0.3 is 6.03 Å². The molecule has 0 unspecified atom stereocenters. The minimum Gasteiger partial charge on any atom is -0.487 e. The number of aryl methyl sites for hydroxylation is 1. The lowest BCUT2D eigenvalue weighted by Crippen LogP contribution is -2.24. The van der Waals surface area contributed by atoms with Crippen LogP contribution in [0.2, 0.25) is 0 Å². The molecule has 0 aliphatic rings. The number of ether oxygens (including phenoxy) is 1. The molecule has 0 bridgehead atoms. The molecular weight excluding hydrogens is 338 g/mol. The standard InChI is InChI=1S/C19H24N2O2.C3H9N/c1-3-4-8-15-11-12-18(17(13-15)21-19(22)20-2)23-14-16-9-6-5-7-10-16;1-2-3-4/h5-7,9-13H,3-4,8,14H2,1-2H3,(H2,20,21,22);2-4H2,1H3. The Morgan fingerprint density at radius 3 is 2.33 bits per heavy atom. The van der Waals surface area contributed by atoms with E-state index < -0.39 is 0 Å². The maximum atomic E-state index is 11.7. The zero-order chi connectivity index (χ0) is 19.9. The van der Waals surface area contributed by atoms with Gasteiger partial charge in [0, 0.05) is 7.05 Å². The van der Waals surface area contributed by atoms with E-state index in [1.807, 2.05) is 42.5 Å². The van der Waals surface area contributed by atoms with Crippen molar-refractivity contribution in [1.82, 2.24) is 5.32 Å². The first-order chi connectivity index (χ1) is 13.1. The van der Waals surface area contributed by atoms with E-state index in [0.717, 1.165) is 37.8 Å². The summed E-state index contributed by atoms with van der Waals surface area (Å²) >= 11 is 0. The number of rotatable bonds is 8. The Balaban J connectivity index is 0.000000828. The highest BCUT2D eigenvalue weighted by Gasteiger charge is 2.09. The second-order valence-electron chi connectivity index (χ2n) is 6.20. The highest BCUT2D eigenvalue weighted by atomic mass is 16.5. The van der Waals surface area contributed by atoms with E-state index in [1.165, 1.54) is 5.56 Å². The second kappa shape index (κ2) is 13.6.